The van der Waals surface area contributed by atoms with Crippen LogP contribution in [0.15, 0.2) is 60.7 Å². The fraction of sp³-hybridized carbons (Fsp3) is 0.500. The maximum Gasteiger partial charge on any atom is 0.0598 e. The predicted molar refractivity (Wildman–Crippen MR) is 151 cm³/mol. The molecule has 0 aromatic heterocycles. The van der Waals surface area contributed by atoms with Gasteiger partial charge in [-0.05, 0) is 87.1 Å². The van der Waals surface area contributed by atoms with E-state index in [9.17, 15) is 0 Å². The molecule has 2 unspecified atom stereocenters. The van der Waals surface area contributed by atoms with E-state index >= 15 is 0 Å². The van der Waals surface area contributed by atoms with E-state index in [2.05, 4.69) is 99.9 Å². The van der Waals surface area contributed by atoms with Crippen molar-refractivity contribution in [2.75, 3.05) is 18.6 Å². The highest BCUT2D eigenvalue weighted by Crippen LogP contribution is 2.81. The number of benzene rings is 2. The minimum Gasteiger partial charge on any atom is -0.376 e. The zero-order valence-electron chi connectivity index (χ0n) is 21.6. The van der Waals surface area contributed by atoms with Crippen molar-refractivity contribution in [2.24, 2.45) is 0 Å². The minimum atomic E-state index is -1.07. The van der Waals surface area contributed by atoms with Gasteiger partial charge in [0.2, 0.25) is 0 Å². The molecule has 182 valence electrons. The molecule has 0 bridgehead atoms. The molecular formula is C32H42OS. The van der Waals surface area contributed by atoms with E-state index < -0.39 is 10.0 Å². The summed E-state index contributed by atoms with van der Waals surface area (Å²) in [7, 11) is -1.07. The van der Waals surface area contributed by atoms with Gasteiger partial charge in [-0.15, -0.1) is 0 Å². The quantitative estimate of drug-likeness (QED) is 0.364. The fourth-order valence-electron chi connectivity index (χ4n) is 6.88. The highest BCUT2D eigenvalue weighted by atomic mass is 32.3. The minimum absolute atomic E-state index is 0.0249. The van der Waals surface area contributed by atoms with E-state index in [0.29, 0.717) is 0 Å². The molecule has 1 fully saturated rings. The molecule has 0 amide bonds. The van der Waals surface area contributed by atoms with Gasteiger partial charge in [0.05, 0.1) is 5.60 Å². The molecule has 1 heterocycles. The van der Waals surface area contributed by atoms with Crippen LogP contribution in [0.3, 0.4) is 0 Å². The van der Waals surface area contributed by atoms with Gasteiger partial charge >= 0.3 is 0 Å². The molecule has 5 rings (SSSR count). The maximum atomic E-state index is 5.96. The lowest BCUT2D eigenvalue weighted by Crippen LogP contribution is -2.46. The summed E-state index contributed by atoms with van der Waals surface area (Å²) < 4.78 is 6.35. The molecule has 2 atom stereocenters. The predicted octanol–water partition coefficient (Wildman–Crippen LogP) is 8.82. The van der Waals surface area contributed by atoms with Crippen molar-refractivity contribution in [1.82, 2.24) is 0 Å². The number of rotatable bonds is 7. The van der Waals surface area contributed by atoms with E-state index in [4.69, 9.17) is 4.74 Å². The summed E-state index contributed by atoms with van der Waals surface area (Å²) in [5, 5.41) is 0. The summed E-state index contributed by atoms with van der Waals surface area (Å²) in [4.78, 5) is 0. The molecule has 3 aliphatic rings. The second-order valence-electron chi connectivity index (χ2n) is 11.6. The van der Waals surface area contributed by atoms with Crippen molar-refractivity contribution in [3.8, 4) is 0 Å². The largest absolute Gasteiger partial charge is 0.376 e. The number of hydrogen-bond donors (Lipinski definition) is 0. The van der Waals surface area contributed by atoms with Crippen LogP contribution in [0.4, 0.5) is 0 Å². The van der Waals surface area contributed by atoms with Gasteiger partial charge in [0.25, 0.3) is 0 Å². The molecule has 2 aromatic rings. The van der Waals surface area contributed by atoms with Gasteiger partial charge in [0.15, 0.2) is 0 Å². The Hall–Kier alpha value is -1.77. The van der Waals surface area contributed by atoms with Crippen molar-refractivity contribution in [1.29, 1.82) is 0 Å². The highest BCUT2D eigenvalue weighted by Gasteiger charge is 2.60. The molecule has 1 aliphatic heterocycles. The van der Waals surface area contributed by atoms with Gasteiger partial charge < -0.3 is 4.74 Å². The van der Waals surface area contributed by atoms with E-state index in [1.165, 1.54) is 61.8 Å². The summed E-state index contributed by atoms with van der Waals surface area (Å²) in [6.45, 7) is 7.34. The van der Waals surface area contributed by atoms with Crippen LogP contribution in [-0.4, -0.2) is 24.2 Å². The molecule has 34 heavy (non-hydrogen) atoms. The molecule has 0 radical (unpaired) electrons. The second-order valence-corrected chi connectivity index (χ2v) is 15.7. The normalized spacial score (nSPS) is 31.1. The SMILES string of the molecule is CC(C)(C)OCCCCCCS1(C)C2(C=Cc3ccccc32)CCCC12C=Cc1ccccc12. The lowest BCUT2D eigenvalue weighted by atomic mass is 9.88. The van der Waals surface area contributed by atoms with Crippen molar-refractivity contribution in [3.05, 3.63) is 82.9 Å². The maximum absolute atomic E-state index is 5.96. The Balaban J connectivity index is 1.44. The zero-order valence-corrected chi connectivity index (χ0v) is 22.4. The lowest BCUT2D eigenvalue weighted by Gasteiger charge is -2.64. The Morgan fingerprint density at radius 1 is 0.765 bits per heavy atom. The molecule has 0 saturated carbocycles. The smallest absolute Gasteiger partial charge is 0.0598 e. The van der Waals surface area contributed by atoms with Crippen LogP contribution in [0, 0.1) is 0 Å². The van der Waals surface area contributed by atoms with E-state index in [1.807, 2.05) is 0 Å². The van der Waals surface area contributed by atoms with Gasteiger partial charge in [-0.1, -0.05) is 85.7 Å². The molecule has 2 heteroatoms. The monoisotopic (exact) mass is 474 g/mol. The summed E-state index contributed by atoms with van der Waals surface area (Å²) in [5.74, 6) is 1.34. The molecule has 2 aromatic carbocycles. The Morgan fingerprint density at radius 2 is 1.29 bits per heavy atom. The fourth-order valence-corrected chi connectivity index (χ4v) is 12.3. The first-order valence-electron chi connectivity index (χ1n) is 13.3. The van der Waals surface area contributed by atoms with E-state index in [-0.39, 0.29) is 15.1 Å². The van der Waals surface area contributed by atoms with E-state index in [0.717, 1.165) is 6.61 Å². The topological polar surface area (TPSA) is 9.23 Å². The third-order valence-corrected chi connectivity index (χ3v) is 14.0. The Morgan fingerprint density at radius 3 is 1.85 bits per heavy atom. The Bertz CT molecular complexity index is 1020. The molecular weight excluding hydrogens is 432 g/mol. The van der Waals surface area contributed by atoms with Gasteiger partial charge in [0, 0.05) is 16.1 Å². The standard InChI is InChI=1S/C32H42OS/c1-30(2,3)33-24-11-5-6-12-25-34(4)31(22-18-26-14-7-9-16-28(26)31)20-13-21-32(34)23-19-27-15-8-10-17-29(27)32/h7-10,14-19,22-23H,5-6,11-13,20-21,24-25H2,1-4H3. The number of fused-ring (bicyclic) bond motifs is 4. The van der Waals surface area contributed by atoms with Crippen molar-refractivity contribution >= 4 is 22.2 Å². The second kappa shape index (κ2) is 9.03. The van der Waals surface area contributed by atoms with Crippen LogP contribution >= 0.6 is 10.0 Å². The first-order chi connectivity index (χ1) is 16.3. The van der Waals surface area contributed by atoms with Gasteiger partial charge in [-0.3, -0.25) is 0 Å². The Labute approximate surface area is 209 Å². The lowest BCUT2D eigenvalue weighted by molar-refractivity contribution is -0.00470. The molecule has 0 N–H and O–H groups in total. The summed E-state index contributed by atoms with van der Waals surface area (Å²) in [6.07, 6.45) is 21.8. The molecule has 2 aliphatic carbocycles. The Kier molecular flexibility index (Phi) is 6.36. The van der Waals surface area contributed by atoms with Crippen LogP contribution in [0.25, 0.3) is 12.2 Å². The van der Waals surface area contributed by atoms with Gasteiger partial charge in [-0.2, -0.15) is 0 Å². The summed E-state index contributed by atoms with van der Waals surface area (Å²) >= 11 is 0. The zero-order chi connectivity index (χ0) is 23.9. The number of ether oxygens (including phenoxy) is 1. The van der Waals surface area contributed by atoms with Crippen molar-refractivity contribution in [2.45, 2.75) is 80.8 Å². The summed E-state index contributed by atoms with van der Waals surface area (Å²) in [5.41, 5.74) is 6.08. The first kappa shape index (κ1) is 23.9. The number of hydrogen-bond acceptors (Lipinski definition) is 1. The molecule has 2 spiro atoms. The third kappa shape index (κ3) is 3.82. The van der Waals surface area contributed by atoms with Crippen LogP contribution < -0.4 is 0 Å². The van der Waals surface area contributed by atoms with Crippen LogP contribution in [0.1, 0.15) is 88.0 Å². The first-order valence-corrected chi connectivity index (χ1v) is 15.5. The number of unbranched alkanes of at least 4 members (excludes halogenated alkanes) is 3. The molecule has 1 nitrogen and oxygen atoms in total. The third-order valence-electron chi connectivity index (χ3n) is 8.58. The highest BCUT2D eigenvalue weighted by molar-refractivity contribution is 8.34. The molecule has 1 saturated heterocycles. The van der Waals surface area contributed by atoms with Crippen LogP contribution in [-0.2, 0) is 14.2 Å². The van der Waals surface area contributed by atoms with Gasteiger partial charge in [0.1, 0.15) is 0 Å². The van der Waals surface area contributed by atoms with Crippen molar-refractivity contribution < 1.29 is 4.74 Å². The van der Waals surface area contributed by atoms with E-state index in [1.54, 1.807) is 11.1 Å². The van der Waals surface area contributed by atoms with Crippen molar-refractivity contribution in [3.63, 3.8) is 0 Å². The average Bonchev–Trinajstić information content (AvgIpc) is 3.38. The summed E-state index contributed by atoms with van der Waals surface area (Å²) in [6, 6.07) is 18.5. The van der Waals surface area contributed by atoms with Crippen LogP contribution in [0.5, 0.6) is 0 Å². The average molecular weight is 475 g/mol. The van der Waals surface area contributed by atoms with Gasteiger partial charge in [-0.25, -0.2) is 10.0 Å². The van der Waals surface area contributed by atoms with Crippen LogP contribution in [0.2, 0.25) is 0 Å².